The lowest BCUT2D eigenvalue weighted by Crippen LogP contribution is -2.45. The molecule has 0 unspecified atom stereocenters. The predicted octanol–water partition coefficient (Wildman–Crippen LogP) is 2.77. The van der Waals surface area contributed by atoms with Gasteiger partial charge in [-0.1, -0.05) is 29.4 Å². The summed E-state index contributed by atoms with van der Waals surface area (Å²) < 4.78 is 10.6. The molecule has 1 N–H and O–H groups in total. The van der Waals surface area contributed by atoms with Crippen molar-refractivity contribution >= 4 is 5.91 Å². The van der Waals surface area contributed by atoms with E-state index in [1.807, 2.05) is 6.07 Å². The maximum absolute atomic E-state index is 12.3. The van der Waals surface area contributed by atoms with Gasteiger partial charge in [-0.15, -0.1) is 0 Å². The Balaban J connectivity index is 1.80. The largest absolute Gasteiger partial charge is 0.381 e. The molecule has 1 aromatic carbocycles. The standard InChI is InChI=1S/C18H22N2O3/c1-13-5-3-4-6-15(13)18(7-9-22-10-8-18)12-19-17(21)16-11-14(2)20-23-16/h3-6,11H,7-10,12H2,1-2H3,(H,19,21). The van der Waals surface area contributed by atoms with Gasteiger partial charge < -0.3 is 14.6 Å². The van der Waals surface area contributed by atoms with E-state index in [-0.39, 0.29) is 17.1 Å². The van der Waals surface area contributed by atoms with E-state index in [2.05, 4.69) is 35.6 Å². The first-order valence-corrected chi connectivity index (χ1v) is 7.96. The van der Waals surface area contributed by atoms with Gasteiger partial charge in [-0.3, -0.25) is 4.79 Å². The van der Waals surface area contributed by atoms with Crippen molar-refractivity contribution in [2.45, 2.75) is 32.1 Å². The van der Waals surface area contributed by atoms with Crippen LogP contribution in [0.2, 0.25) is 0 Å². The van der Waals surface area contributed by atoms with E-state index >= 15 is 0 Å². The molecule has 0 atom stereocenters. The number of ether oxygens (including phenoxy) is 1. The molecule has 0 spiro atoms. The third-order valence-corrected chi connectivity index (χ3v) is 4.61. The zero-order valence-electron chi connectivity index (χ0n) is 13.6. The lowest BCUT2D eigenvalue weighted by atomic mass is 9.72. The second kappa shape index (κ2) is 6.54. The number of nitrogens with zero attached hydrogens (tertiary/aromatic N) is 1. The van der Waals surface area contributed by atoms with Crippen molar-refractivity contribution in [1.82, 2.24) is 10.5 Å². The number of hydrogen-bond donors (Lipinski definition) is 1. The van der Waals surface area contributed by atoms with E-state index in [9.17, 15) is 4.79 Å². The molecule has 2 aromatic rings. The van der Waals surface area contributed by atoms with Gasteiger partial charge in [0.1, 0.15) is 0 Å². The number of amides is 1. The topological polar surface area (TPSA) is 64.4 Å². The first-order valence-electron chi connectivity index (χ1n) is 7.96. The lowest BCUT2D eigenvalue weighted by Gasteiger charge is -2.38. The van der Waals surface area contributed by atoms with Crippen LogP contribution in [0, 0.1) is 13.8 Å². The molecule has 1 fully saturated rings. The van der Waals surface area contributed by atoms with Crippen LogP contribution in [0.1, 0.15) is 40.2 Å². The van der Waals surface area contributed by atoms with Gasteiger partial charge in [0.2, 0.25) is 5.76 Å². The number of carbonyl (C=O) groups is 1. The molecule has 0 radical (unpaired) electrons. The minimum atomic E-state index is -0.218. The summed E-state index contributed by atoms with van der Waals surface area (Å²) in [5, 5.41) is 6.79. The van der Waals surface area contributed by atoms with Gasteiger partial charge >= 0.3 is 0 Å². The monoisotopic (exact) mass is 314 g/mol. The van der Waals surface area contributed by atoms with Crippen molar-refractivity contribution in [1.29, 1.82) is 0 Å². The fraction of sp³-hybridized carbons (Fsp3) is 0.444. The molecular weight excluding hydrogens is 292 g/mol. The Hall–Kier alpha value is -2.14. The predicted molar refractivity (Wildman–Crippen MR) is 86.5 cm³/mol. The first-order chi connectivity index (χ1) is 11.1. The third kappa shape index (κ3) is 3.29. The van der Waals surface area contributed by atoms with E-state index in [0.717, 1.165) is 12.8 Å². The average Bonchev–Trinajstić information content (AvgIpc) is 3.00. The zero-order valence-corrected chi connectivity index (χ0v) is 13.6. The van der Waals surface area contributed by atoms with E-state index < -0.39 is 0 Å². The Bertz CT molecular complexity index is 687. The molecule has 122 valence electrons. The smallest absolute Gasteiger partial charge is 0.289 e. The summed E-state index contributed by atoms with van der Waals surface area (Å²) in [7, 11) is 0. The van der Waals surface area contributed by atoms with Gasteiger partial charge in [0.25, 0.3) is 5.91 Å². The molecule has 5 heteroatoms. The van der Waals surface area contributed by atoms with E-state index in [4.69, 9.17) is 9.26 Å². The molecule has 1 aliphatic rings. The van der Waals surface area contributed by atoms with Gasteiger partial charge in [0, 0.05) is 31.2 Å². The van der Waals surface area contributed by atoms with E-state index in [1.165, 1.54) is 11.1 Å². The molecule has 2 heterocycles. The Morgan fingerprint density at radius 2 is 2.00 bits per heavy atom. The molecule has 0 saturated carbocycles. The van der Waals surface area contributed by atoms with Crippen molar-refractivity contribution in [2.75, 3.05) is 19.8 Å². The quantitative estimate of drug-likeness (QED) is 0.942. The molecule has 1 saturated heterocycles. The Labute approximate surface area is 136 Å². The third-order valence-electron chi connectivity index (χ3n) is 4.61. The van der Waals surface area contributed by atoms with Gasteiger partial charge in [-0.25, -0.2) is 0 Å². The average molecular weight is 314 g/mol. The van der Waals surface area contributed by atoms with Gasteiger partial charge in [-0.2, -0.15) is 0 Å². The zero-order chi connectivity index (χ0) is 16.3. The van der Waals surface area contributed by atoms with Crippen LogP contribution in [-0.4, -0.2) is 30.8 Å². The van der Waals surface area contributed by atoms with Crippen molar-refractivity contribution in [3.63, 3.8) is 0 Å². The minimum absolute atomic E-state index is 0.0890. The van der Waals surface area contributed by atoms with Gasteiger partial charge in [-0.05, 0) is 37.8 Å². The summed E-state index contributed by atoms with van der Waals surface area (Å²) >= 11 is 0. The maximum atomic E-state index is 12.3. The second-order valence-electron chi connectivity index (χ2n) is 6.22. The van der Waals surface area contributed by atoms with Crippen LogP contribution < -0.4 is 5.32 Å². The second-order valence-corrected chi connectivity index (χ2v) is 6.22. The summed E-state index contributed by atoms with van der Waals surface area (Å²) in [6, 6.07) is 10.0. The minimum Gasteiger partial charge on any atom is -0.381 e. The molecule has 23 heavy (non-hydrogen) atoms. The highest BCUT2D eigenvalue weighted by molar-refractivity contribution is 5.91. The number of carbonyl (C=O) groups excluding carboxylic acids is 1. The van der Waals surface area contributed by atoms with Crippen LogP contribution in [0.15, 0.2) is 34.9 Å². The summed E-state index contributed by atoms with van der Waals surface area (Å²) in [6.07, 6.45) is 1.79. The number of aromatic nitrogens is 1. The SMILES string of the molecule is Cc1cc(C(=O)NCC2(c3ccccc3C)CCOCC2)on1. The molecule has 1 aliphatic heterocycles. The summed E-state index contributed by atoms with van der Waals surface area (Å²) in [6.45, 7) is 5.92. The van der Waals surface area contributed by atoms with Crippen LogP contribution in [-0.2, 0) is 10.2 Å². The summed E-state index contributed by atoms with van der Waals surface area (Å²) in [4.78, 5) is 12.3. The Morgan fingerprint density at radius 1 is 1.26 bits per heavy atom. The lowest BCUT2D eigenvalue weighted by molar-refractivity contribution is 0.0482. The fourth-order valence-corrected chi connectivity index (χ4v) is 3.28. The van der Waals surface area contributed by atoms with Crippen LogP contribution in [0.4, 0.5) is 0 Å². The number of hydrogen-bond acceptors (Lipinski definition) is 4. The highest BCUT2D eigenvalue weighted by atomic mass is 16.5. The number of nitrogens with one attached hydrogen (secondary N) is 1. The maximum Gasteiger partial charge on any atom is 0.289 e. The number of rotatable bonds is 4. The molecule has 0 bridgehead atoms. The van der Waals surface area contributed by atoms with Crippen molar-refractivity contribution in [2.24, 2.45) is 0 Å². The Morgan fingerprint density at radius 3 is 2.65 bits per heavy atom. The fourth-order valence-electron chi connectivity index (χ4n) is 3.28. The van der Waals surface area contributed by atoms with Crippen LogP contribution in [0.5, 0.6) is 0 Å². The van der Waals surface area contributed by atoms with Crippen molar-refractivity contribution < 1.29 is 14.1 Å². The number of aryl methyl sites for hydroxylation is 2. The normalized spacial score (nSPS) is 17.0. The van der Waals surface area contributed by atoms with Crippen LogP contribution >= 0.6 is 0 Å². The molecule has 5 nitrogen and oxygen atoms in total. The molecule has 1 aromatic heterocycles. The summed E-state index contributed by atoms with van der Waals surface area (Å²) in [5.41, 5.74) is 3.15. The van der Waals surface area contributed by atoms with Crippen molar-refractivity contribution in [3.05, 3.63) is 52.9 Å². The first kappa shape index (κ1) is 15.7. The molecule has 1 amide bonds. The number of benzene rings is 1. The highest BCUT2D eigenvalue weighted by Crippen LogP contribution is 2.36. The highest BCUT2D eigenvalue weighted by Gasteiger charge is 2.36. The summed E-state index contributed by atoms with van der Waals surface area (Å²) in [5.74, 6) is 0.0412. The van der Waals surface area contributed by atoms with E-state index in [1.54, 1.807) is 13.0 Å². The molecule has 0 aliphatic carbocycles. The molecular formula is C18H22N2O3. The Kier molecular flexibility index (Phi) is 4.48. The van der Waals surface area contributed by atoms with Crippen LogP contribution in [0.3, 0.4) is 0 Å². The van der Waals surface area contributed by atoms with Crippen molar-refractivity contribution in [3.8, 4) is 0 Å². The molecule has 3 rings (SSSR count). The van der Waals surface area contributed by atoms with Crippen LogP contribution in [0.25, 0.3) is 0 Å². The van der Waals surface area contributed by atoms with Gasteiger partial charge in [0.05, 0.1) is 5.69 Å². The van der Waals surface area contributed by atoms with E-state index in [0.29, 0.717) is 25.5 Å². The van der Waals surface area contributed by atoms with Gasteiger partial charge in [0.15, 0.2) is 0 Å².